The molecule has 1 aliphatic heterocycles. The number of aryl methyl sites for hydroxylation is 1. The van der Waals surface area contributed by atoms with Gasteiger partial charge in [0.25, 0.3) is 5.56 Å². The molecule has 0 saturated carbocycles. The van der Waals surface area contributed by atoms with Crippen LogP contribution in [0.2, 0.25) is 0 Å². The molecule has 0 saturated heterocycles. The lowest BCUT2D eigenvalue weighted by Gasteiger charge is -2.18. The predicted octanol–water partition coefficient (Wildman–Crippen LogP) is 2.54. The van der Waals surface area contributed by atoms with Gasteiger partial charge in [-0.25, -0.2) is 9.67 Å². The Balaban J connectivity index is 1.45. The Morgan fingerprint density at radius 1 is 1.07 bits per heavy atom. The highest BCUT2D eigenvalue weighted by Crippen LogP contribution is 2.30. The first-order chi connectivity index (χ1) is 14.6. The summed E-state index contributed by atoms with van der Waals surface area (Å²) in [6.07, 6.45) is 2.86. The zero-order chi connectivity index (χ0) is 20.7. The summed E-state index contributed by atoms with van der Waals surface area (Å²) in [6.45, 7) is 2.80. The molecule has 0 spiro atoms. The number of benzene rings is 2. The molecule has 0 fully saturated rings. The summed E-state index contributed by atoms with van der Waals surface area (Å²) in [5, 5.41) is 4.66. The van der Waals surface area contributed by atoms with Crippen LogP contribution in [0.4, 0.5) is 0 Å². The summed E-state index contributed by atoms with van der Waals surface area (Å²) in [7, 11) is 0. The van der Waals surface area contributed by atoms with Crippen LogP contribution < -0.4 is 15.0 Å². The van der Waals surface area contributed by atoms with Crippen LogP contribution in [0.15, 0.2) is 59.8 Å². The van der Waals surface area contributed by atoms with Crippen molar-refractivity contribution in [3.63, 3.8) is 0 Å². The highest BCUT2D eigenvalue weighted by Gasteiger charge is 2.17. The molecule has 3 heterocycles. The monoisotopic (exact) mass is 402 g/mol. The van der Waals surface area contributed by atoms with Gasteiger partial charge in [-0.05, 0) is 37.3 Å². The summed E-state index contributed by atoms with van der Waals surface area (Å²) >= 11 is 0. The predicted molar refractivity (Wildman–Crippen MR) is 110 cm³/mol. The van der Waals surface area contributed by atoms with Crippen molar-refractivity contribution >= 4 is 16.8 Å². The van der Waals surface area contributed by atoms with E-state index in [2.05, 4.69) is 10.1 Å². The Bertz CT molecular complexity index is 1320. The third kappa shape index (κ3) is 3.12. The summed E-state index contributed by atoms with van der Waals surface area (Å²) in [5.41, 5.74) is 2.52. The second-order valence-corrected chi connectivity index (χ2v) is 7.09. The zero-order valence-electron chi connectivity index (χ0n) is 16.2. The number of Topliss-reactive ketones (excluding diaryl/α,β-unsaturated/α-hetero) is 1. The van der Waals surface area contributed by atoms with Gasteiger partial charge in [-0.2, -0.15) is 5.10 Å². The van der Waals surface area contributed by atoms with E-state index < -0.39 is 0 Å². The molecular formula is C22H18N4O4. The molecule has 0 unspecified atom stereocenters. The van der Waals surface area contributed by atoms with Gasteiger partial charge in [0, 0.05) is 5.56 Å². The molecule has 150 valence electrons. The van der Waals surface area contributed by atoms with Crippen molar-refractivity contribution in [3.05, 3.63) is 76.5 Å². The van der Waals surface area contributed by atoms with Crippen LogP contribution in [-0.2, 0) is 6.54 Å². The first-order valence-electron chi connectivity index (χ1n) is 9.53. The largest absolute Gasteiger partial charge is 0.486 e. The van der Waals surface area contributed by atoms with Gasteiger partial charge in [0.1, 0.15) is 24.9 Å². The maximum Gasteiger partial charge on any atom is 0.264 e. The molecule has 0 radical (unpaired) electrons. The van der Waals surface area contributed by atoms with E-state index in [1.807, 2.05) is 31.2 Å². The highest BCUT2D eigenvalue weighted by molar-refractivity contribution is 5.96. The van der Waals surface area contributed by atoms with Crippen molar-refractivity contribution in [1.29, 1.82) is 0 Å². The number of rotatable bonds is 4. The summed E-state index contributed by atoms with van der Waals surface area (Å²) in [5.74, 6) is 0.926. The highest BCUT2D eigenvalue weighted by atomic mass is 16.6. The Hall–Kier alpha value is -3.94. The number of ketones is 1. The number of carbonyl (C=O) groups is 1. The molecule has 5 rings (SSSR count). The molecule has 0 bridgehead atoms. The van der Waals surface area contributed by atoms with Crippen LogP contribution in [0.5, 0.6) is 11.5 Å². The van der Waals surface area contributed by atoms with E-state index in [4.69, 9.17) is 9.47 Å². The molecule has 0 atom stereocenters. The SMILES string of the molecule is Cc1ccc(-n2ncc3c(=O)n(CC(=O)c4ccc5c(c4)OCCO5)cnc32)cc1. The van der Waals surface area contributed by atoms with Gasteiger partial charge in [0.2, 0.25) is 0 Å². The maximum absolute atomic E-state index is 12.9. The second kappa shape index (κ2) is 7.14. The van der Waals surface area contributed by atoms with Crippen molar-refractivity contribution < 1.29 is 14.3 Å². The van der Waals surface area contributed by atoms with Gasteiger partial charge in [0.15, 0.2) is 22.9 Å². The average molecular weight is 402 g/mol. The Morgan fingerprint density at radius 3 is 2.63 bits per heavy atom. The molecule has 2 aromatic carbocycles. The van der Waals surface area contributed by atoms with Crippen LogP contribution in [0.1, 0.15) is 15.9 Å². The zero-order valence-corrected chi connectivity index (χ0v) is 16.2. The Kier molecular flexibility index (Phi) is 4.31. The smallest absolute Gasteiger partial charge is 0.264 e. The first kappa shape index (κ1) is 18.1. The van der Waals surface area contributed by atoms with Gasteiger partial charge in [-0.3, -0.25) is 14.2 Å². The summed E-state index contributed by atoms with van der Waals surface area (Å²) < 4.78 is 13.9. The minimum absolute atomic E-state index is 0.128. The van der Waals surface area contributed by atoms with E-state index in [0.29, 0.717) is 41.3 Å². The van der Waals surface area contributed by atoms with E-state index in [1.165, 1.54) is 17.1 Å². The number of carbonyl (C=O) groups excluding carboxylic acids is 1. The van der Waals surface area contributed by atoms with Crippen molar-refractivity contribution in [2.24, 2.45) is 0 Å². The lowest BCUT2D eigenvalue weighted by molar-refractivity contribution is 0.0969. The molecule has 0 N–H and O–H groups in total. The molecule has 0 amide bonds. The summed E-state index contributed by atoms with van der Waals surface area (Å²) in [4.78, 5) is 30.0. The number of ether oxygens (including phenoxy) is 2. The quantitative estimate of drug-likeness (QED) is 0.488. The third-order valence-corrected chi connectivity index (χ3v) is 5.01. The van der Waals surface area contributed by atoms with Gasteiger partial charge in [0.05, 0.1) is 18.4 Å². The fraction of sp³-hybridized carbons (Fsp3) is 0.182. The van der Waals surface area contributed by atoms with Gasteiger partial charge in [-0.1, -0.05) is 17.7 Å². The number of nitrogens with zero attached hydrogens (tertiary/aromatic N) is 4. The Morgan fingerprint density at radius 2 is 1.83 bits per heavy atom. The van der Waals surface area contributed by atoms with E-state index in [1.54, 1.807) is 22.9 Å². The molecular weight excluding hydrogens is 384 g/mol. The number of hydrogen-bond acceptors (Lipinski definition) is 6. The molecule has 30 heavy (non-hydrogen) atoms. The first-order valence-corrected chi connectivity index (χ1v) is 9.53. The van der Waals surface area contributed by atoms with Crippen LogP contribution in [0.3, 0.4) is 0 Å². The minimum Gasteiger partial charge on any atom is -0.486 e. The van der Waals surface area contributed by atoms with Crippen molar-refractivity contribution in [3.8, 4) is 17.2 Å². The van der Waals surface area contributed by atoms with Crippen molar-refractivity contribution in [2.45, 2.75) is 13.5 Å². The standard InChI is InChI=1S/C22H18N4O4/c1-14-2-5-16(6-3-14)26-21-17(11-24-26)22(28)25(13-23-21)12-18(27)15-4-7-19-20(10-15)30-9-8-29-19/h2-7,10-11,13H,8-9,12H2,1H3. The van der Waals surface area contributed by atoms with E-state index in [-0.39, 0.29) is 17.9 Å². The van der Waals surface area contributed by atoms with Gasteiger partial charge < -0.3 is 9.47 Å². The van der Waals surface area contributed by atoms with Crippen LogP contribution in [0.25, 0.3) is 16.7 Å². The Labute approximate surface area is 171 Å². The molecule has 1 aliphatic rings. The van der Waals surface area contributed by atoms with Gasteiger partial charge >= 0.3 is 0 Å². The fourth-order valence-corrected chi connectivity index (χ4v) is 3.40. The number of hydrogen-bond donors (Lipinski definition) is 0. The number of fused-ring (bicyclic) bond motifs is 2. The molecule has 0 aliphatic carbocycles. The maximum atomic E-state index is 12.9. The van der Waals surface area contributed by atoms with Crippen molar-refractivity contribution in [1.82, 2.24) is 19.3 Å². The number of aromatic nitrogens is 4. The van der Waals surface area contributed by atoms with Crippen molar-refractivity contribution in [2.75, 3.05) is 13.2 Å². The van der Waals surface area contributed by atoms with Crippen LogP contribution in [-0.4, -0.2) is 38.3 Å². The molecule has 8 heteroatoms. The average Bonchev–Trinajstić information content (AvgIpc) is 3.20. The second-order valence-electron chi connectivity index (χ2n) is 7.09. The molecule has 8 nitrogen and oxygen atoms in total. The van der Waals surface area contributed by atoms with Gasteiger partial charge in [-0.15, -0.1) is 0 Å². The summed E-state index contributed by atoms with van der Waals surface area (Å²) in [6, 6.07) is 12.8. The minimum atomic E-state index is -0.316. The van der Waals surface area contributed by atoms with E-state index >= 15 is 0 Å². The van der Waals surface area contributed by atoms with Crippen LogP contribution >= 0.6 is 0 Å². The lowest BCUT2D eigenvalue weighted by atomic mass is 10.1. The molecule has 2 aromatic heterocycles. The van der Waals surface area contributed by atoms with E-state index in [0.717, 1.165) is 11.3 Å². The lowest BCUT2D eigenvalue weighted by Crippen LogP contribution is -2.25. The topological polar surface area (TPSA) is 88.2 Å². The van der Waals surface area contributed by atoms with E-state index in [9.17, 15) is 9.59 Å². The molecule has 4 aromatic rings. The normalized spacial score (nSPS) is 12.8. The fourth-order valence-electron chi connectivity index (χ4n) is 3.40. The van der Waals surface area contributed by atoms with Crippen LogP contribution in [0, 0.1) is 6.92 Å². The third-order valence-electron chi connectivity index (χ3n) is 5.01.